The maximum atomic E-state index is 13.4. The molecule has 0 bridgehead atoms. The van der Waals surface area contributed by atoms with Gasteiger partial charge in [-0.05, 0) is 37.3 Å². The molecule has 0 unspecified atom stereocenters. The topological polar surface area (TPSA) is 126 Å². The van der Waals surface area contributed by atoms with Crippen LogP contribution in [0.3, 0.4) is 0 Å². The smallest absolute Gasteiger partial charge is 0.324 e. The summed E-state index contributed by atoms with van der Waals surface area (Å²) in [6.07, 6.45) is 1.59. The first kappa shape index (κ1) is 34.4. The number of carbonyl (C=O) groups excluding carboxylic acids is 2. The van der Waals surface area contributed by atoms with E-state index in [1.807, 2.05) is 73.7 Å². The van der Waals surface area contributed by atoms with Gasteiger partial charge in [-0.25, -0.2) is 19.3 Å². The van der Waals surface area contributed by atoms with Gasteiger partial charge in [-0.15, -0.1) is 0 Å². The van der Waals surface area contributed by atoms with Gasteiger partial charge < -0.3 is 19.7 Å². The van der Waals surface area contributed by atoms with Crippen molar-refractivity contribution in [3.05, 3.63) is 96.3 Å². The van der Waals surface area contributed by atoms with Crippen molar-refractivity contribution in [3.8, 4) is 17.2 Å². The van der Waals surface area contributed by atoms with Gasteiger partial charge in [0.1, 0.15) is 23.1 Å². The molecule has 12 heteroatoms. The zero-order valence-corrected chi connectivity index (χ0v) is 29.2. The minimum atomic E-state index is -0.401. The lowest BCUT2D eigenvalue weighted by Crippen LogP contribution is -2.42. The van der Waals surface area contributed by atoms with E-state index in [2.05, 4.69) is 46.6 Å². The van der Waals surface area contributed by atoms with Crippen molar-refractivity contribution in [2.75, 3.05) is 62.4 Å². The fraction of sp³-hybridized carbons (Fsp3) is 0.316. The number of pyridine rings is 1. The van der Waals surface area contributed by atoms with Crippen LogP contribution in [-0.2, 0) is 10.2 Å². The molecule has 3 N–H and O–H groups in total. The number of fused-ring (bicyclic) bond motifs is 1. The predicted octanol–water partition coefficient (Wildman–Crippen LogP) is 7.26. The monoisotopic (exact) mass is 676 g/mol. The molecule has 5 aromatic rings. The van der Waals surface area contributed by atoms with Crippen molar-refractivity contribution in [2.45, 2.75) is 33.1 Å². The highest BCUT2D eigenvalue weighted by Crippen LogP contribution is 2.35. The number of ether oxygens (including phenoxy) is 2. The van der Waals surface area contributed by atoms with Crippen molar-refractivity contribution < 1.29 is 19.1 Å². The van der Waals surface area contributed by atoms with Crippen molar-refractivity contribution in [1.29, 1.82) is 0 Å². The Labute approximate surface area is 292 Å². The lowest BCUT2D eigenvalue weighted by atomic mass is 9.92. The first-order chi connectivity index (χ1) is 24.0. The Kier molecular flexibility index (Phi) is 10.3. The summed E-state index contributed by atoms with van der Waals surface area (Å²) >= 11 is 0. The number of aryl methyl sites for hydroxylation is 1. The van der Waals surface area contributed by atoms with Gasteiger partial charge in [0, 0.05) is 67.7 Å². The third kappa shape index (κ3) is 8.39. The number of rotatable bonds is 9. The lowest BCUT2D eigenvalue weighted by molar-refractivity contribution is 0.0359. The van der Waals surface area contributed by atoms with Crippen LogP contribution in [0.5, 0.6) is 11.5 Å². The molecular formula is C38H44N8O4. The minimum Gasteiger partial charge on any atom is -0.457 e. The maximum Gasteiger partial charge on any atom is 0.324 e. The Morgan fingerprint density at radius 2 is 1.66 bits per heavy atom. The molecule has 3 heterocycles. The minimum absolute atomic E-state index is 0.213. The van der Waals surface area contributed by atoms with E-state index in [-0.39, 0.29) is 11.4 Å². The van der Waals surface area contributed by atoms with Crippen LogP contribution in [0.4, 0.5) is 26.9 Å². The third-order valence-corrected chi connectivity index (χ3v) is 8.53. The van der Waals surface area contributed by atoms with Crippen LogP contribution in [0.25, 0.3) is 16.5 Å². The fourth-order valence-corrected chi connectivity index (χ4v) is 5.55. The van der Waals surface area contributed by atoms with E-state index in [0.717, 1.165) is 60.6 Å². The number of urea groups is 2. The van der Waals surface area contributed by atoms with Gasteiger partial charge in [-0.2, -0.15) is 5.10 Å². The molecule has 1 aliphatic heterocycles. The highest BCUT2D eigenvalue weighted by Gasteiger charge is 2.22. The van der Waals surface area contributed by atoms with Crippen LogP contribution in [0, 0.1) is 6.92 Å². The number of anilines is 3. The van der Waals surface area contributed by atoms with Gasteiger partial charge in [0.2, 0.25) is 0 Å². The number of hydrogen-bond donors (Lipinski definition) is 3. The van der Waals surface area contributed by atoms with E-state index in [4.69, 9.17) is 14.6 Å². The molecule has 3 aromatic carbocycles. The van der Waals surface area contributed by atoms with Crippen LogP contribution >= 0.6 is 0 Å². The summed E-state index contributed by atoms with van der Waals surface area (Å²) in [6, 6.07) is 24.0. The van der Waals surface area contributed by atoms with Crippen LogP contribution in [0.1, 0.15) is 32.0 Å². The molecule has 0 spiro atoms. The number of nitrogens with one attached hydrogen (secondary N) is 3. The zero-order chi connectivity index (χ0) is 35.3. The Morgan fingerprint density at radius 3 is 2.40 bits per heavy atom. The predicted molar refractivity (Wildman–Crippen MR) is 197 cm³/mol. The molecule has 2 aromatic heterocycles. The summed E-state index contributed by atoms with van der Waals surface area (Å²) in [6.45, 7) is 12.8. The number of morpholine rings is 1. The SMILES string of the molecule is Cc1ccc(-n2nc(C(C)(C)C)cc2NC(=O)Nc2ccc(Oc3ccnc(NC(=O)N(C)CCN4CCOCC4)c3)c3ccccc23)cc1. The molecule has 6 rings (SSSR count). The Bertz CT molecular complexity index is 1960. The van der Waals surface area contributed by atoms with E-state index in [1.165, 1.54) is 0 Å². The van der Waals surface area contributed by atoms with Gasteiger partial charge >= 0.3 is 12.1 Å². The lowest BCUT2D eigenvalue weighted by Gasteiger charge is -2.28. The molecule has 260 valence electrons. The van der Waals surface area contributed by atoms with Gasteiger partial charge in [0.25, 0.3) is 0 Å². The molecule has 1 aliphatic rings. The standard InChI is InChI=1S/C38H44N8O4/c1-26-10-12-27(13-11-26)46-35(25-33(43-46)38(2,3)4)42-36(47)40-31-14-15-32(30-9-7-6-8-29(30)31)50-28-16-17-39-34(24-28)41-37(48)44(5)18-19-45-20-22-49-23-21-45/h6-17,24-25H,18-23H2,1-5H3,(H,39,41,48)(H2,40,42,47). The van der Waals surface area contributed by atoms with Crippen LogP contribution in [0.15, 0.2) is 85.1 Å². The number of amides is 4. The number of nitrogens with zero attached hydrogens (tertiary/aromatic N) is 5. The zero-order valence-electron chi connectivity index (χ0n) is 29.2. The number of benzene rings is 3. The third-order valence-electron chi connectivity index (χ3n) is 8.53. The van der Waals surface area contributed by atoms with E-state index in [1.54, 1.807) is 35.0 Å². The van der Waals surface area contributed by atoms with Gasteiger partial charge in [0.15, 0.2) is 0 Å². The molecule has 0 aliphatic carbocycles. The van der Waals surface area contributed by atoms with Gasteiger partial charge in [-0.3, -0.25) is 15.5 Å². The van der Waals surface area contributed by atoms with Crippen molar-refractivity contribution in [2.24, 2.45) is 0 Å². The van der Waals surface area contributed by atoms with E-state index < -0.39 is 6.03 Å². The van der Waals surface area contributed by atoms with Crippen LogP contribution in [0.2, 0.25) is 0 Å². The van der Waals surface area contributed by atoms with E-state index in [0.29, 0.717) is 35.4 Å². The van der Waals surface area contributed by atoms with Crippen LogP contribution < -0.4 is 20.7 Å². The number of hydrogen-bond acceptors (Lipinski definition) is 7. The summed E-state index contributed by atoms with van der Waals surface area (Å²) in [5, 5.41) is 15.3. The largest absolute Gasteiger partial charge is 0.457 e. The molecule has 12 nitrogen and oxygen atoms in total. The second-order valence-electron chi connectivity index (χ2n) is 13.4. The first-order valence-electron chi connectivity index (χ1n) is 16.8. The number of likely N-dealkylation sites (N-methyl/N-ethyl adjacent to an activating group) is 1. The normalized spacial score (nSPS) is 13.5. The van der Waals surface area contributed by atoms with E-state index in [9.17, 15) is 9.59 Å². The second-order valence-corrected chi connectivity index (χ2v) is 13.4. The van der Waals surface area contributed by atoms with Crippen molar-refractivity contribution >= 4 is 40.2 Å². The van der Waals surface area contributed by atoms with Gasteiger partial charge in [0.05, 0.1) is 30.3 Å². The van der Waals surface area contributed by atoms with Crippen LogP contribution in [-0.4, -0.2) is 83.1 Å². The average Bonchev–Trinajstić information content (AvgIpc) is 3.53. The highest BCUT2D eigenvalue weighted by molar-refractivity contribution is 6.07. The summed E-state index contributed by atoms with van der Waals surface area (Å²) in [7, 11) is 1.76. The maximum absolute atomic E-state index is 13.4. The van der Waals surface area contributed by atoms with Gasteiger partial charge in [-0.1, -0.05) is 62.7 Å². The number of carbonyl (C=O) groups is 2. The molecule has 50 heavy (non-hydrogen) atoms. The molecule has 0 radical (unpaired) electrons. The Hall–Kier alpha value is -5.46. The summed E-state index contributed by atoms with van der Waals surface area (Å²) in [5.74, 6) is 2.03. The molecule has 0 atom stereocenters. The fourth-order valence-electron chi connectivity index (χ4n) is 5.55. The first-order valence-corrected chi connectivity index (χ1v) is 16.8. The Morgan fingerprint density at radius 1 is 0.920 bits per heavy atom. The summed E-state index contributed by atoms with van der Waals surface area (Å²) in [5.41, 5.74) is 3.25. The molecule has 1 saturated heterocycles. The molecule has 1 fully saturated rings. The number of aromatic nitrogens is 3. The molecule has 0 saturated carbocycles. The van der Waals surface area contributed by atoms with Crippen molar-refractivity contribution in [1.82, 2.24) is 24.6 Å². The molecule has 4 amide bonds. The molecular weight excluding hydrogens is 632 g/mol. The van der Waals surface area contributed by atoms with E-state index >= 15 is 0 Å². The quantitative estimate of drug-likeness (QED) is 0.150. The summed E-state index contributed by atoms with van der Waals surface area (Å²) < 4.78 is 13.5. The Balaban J connectivity index is 1.15. The second kappa shape index (κ2) is 15.0. The highest BCUT2D eigenvalue weighted by atomic mass is 16.5. The summed E-state index contributed by atoms with van der Waals surface area (Å²) in [4.78, 5) is 34.5. The average molecular weight is 677 g/mol. The van der Waals surface area contributed by atoms with Crippen molar-refractivity contribution in [3.63, 3.8) is 0 Å².